The lowest BCUT2D eigenvalue weighted by molar-refractivity contribution is -0.116. The van der Waals surface area contributed by atoms with Crippen molar-refractivity contribution in [3.05, 3.63) is 59.1 Å². The van der Waals surface area contributed by atoms with Gasteiger partial charge in [0.15, 0.2) is 23.2 Å². The number of furan rings is 1. The molecule has 0 saturated heterocycles. The van der Waals surface area contributed by atoms with E-state index in [9.17, 15) is 22.8 Å². The molecule has 0 fully saturated rings. The van der Waals surface area contributed by atoms with Gasteiger partial charge in [0.05, 0.1) is 12.3 Å². The van der Waals surface area contributed by atoms with Crippen molar-refractivity contribution < 1.29 is 31.9 Å². The lowest BCUT2D eigenvalue weighted by atomic mass is 10.1. The minimum Gasteiger partial charge on any atom is -0.494 e. The zero-order chi connectivity index (χ0) is 23.4. The van der Waals surface area contributed by atoms with Crippen LogP contribution in [0.25, 0.3) is 11.0 Å². The second-order valence-corrected chi connectivity index (χ2v) is 7.14. The number of carbonyl (C=O) groups excluding carboxylic acids is 2. The van der Waals surface area contributed by atoms with E-state index in [1.165, 1.54) is 4.90 Å². The molecule has 1 aromatic heterocycles. The van der Waals surface area contributed by atoms with Crippen molar-refractivity contribution in [2.24, 2.45) is 0 Å². The maximum Gasteiger partial charge on any atom is 0.290 e. The second-order valence-electron chi connectivity index (χ2n) is 7.14. The van der Waals surface area contributed by atoms with E-state index in [4.69, 9.17) is 9.15 Å². The highest BCUT2D eigenvalue weighted by Crippen LogP contribution is 2.30. The van der Waals surface area contributed by atoms with E-state index in [1.807, 2.05) is 13.8 Å². The van der Waals surface area contributed by atoms with Gasteiger partial charge in [-0.15, -0.1) is 0 Å². The third kappa shape index (κ3) is 4.71. The molecular weight excluding hydrogens is 425 g/mol. The van der Waals surface area contributed by atoms with Gasteiger partial charge in [-0.1, -0.05) is 6.92 Å². The van der Waals surface area contributed by atoms with Gasteiger partial charge >= 0.3 is 0 Å². The normalized spacial score (nSPS) is 10.9. The van der Waals surface area contributed by atoms with Gasteiger partial charge in [-0.25, -0.2) is 13.2 Å². The summed E-state index contributed by atoms with van der Waals surface area (Å²) in [5.74, 6) is -5.12. The van der Waals surface area contributed by atoms with Crippen LogP contribution in [0.1, 0.15) is 36.4 Å². The van der Waals surface area contributed by atoms with Crippen molar-refractivity contribution >= 4 is 28.5 Å². The van der Waals surface area contributed by atoms with Crippen LogP contribution in [0.5, 0.6) is 5.75 Å². The number of rotatable bonds is 8. The van der Waals surface area contributed by atoms with E-state index in [2.05, 4.69) is 5.32 Å². The summed E-state index contributed by atoms with van der Waals surface area (Å²) in [7, 11) is 0. The lowest BCUT2D eigenvalue weighted by Gasteiger charge is -2.21. The van der Waals surface area contributed by atoms with Crippen LogP contribution < -0.4 is 10.1 Å². The summed E-state index contributed by atoms with van der Waals surface area (Å²) >= 11 is 0. The number of anilines is 1. The first kappa shape index (κ1) is 23.2. The second kappa shape index (κ2) is 9.76. The molecule has 6 nitrogen and oxygen atoms in total. The summed E-state index contributed by atoms with van der Waals surface area (Å²) in [5.41, 5.74) is 0.583. The molecule has 0 saturated carbocycles. The van der Waals surface area contributed by atoms with Crippen molar-refractivity contribution in [1.29, 1.82) is 0 Å². The molecule has 0 unspecified atom stereocenters. The van der Waals surface area contributed by atoms with Crippen LogP contribution in [-0.4, -0.2) is 36.4 Å². The van der Waals surface area contributed by atoms with Gasteiger partial charge in [-0.3, -0.25) is 9.59 Å². The molecule has 9 heteroatoms. The Kier molecular flexibility index (Phi) is 7.07. The summed E-state index contributed by atoms with van der Waals surface area (Å²) < 4.78 is 51.6. The monoisotopic (exact) mass is 448 g/mol. The highest BCUT2D eigenvalue weighted by molar-refractivity contribution is 6.02. The zero-order valence-corrected chi connectivity index (χ0v) is 17.9. The molecule has 3 rings (SSSR count). The first-order valence-electron chi connectivity index (χ1n) is 10.1. The van der Waals surface area contributed by atoms with E-state index in [0.29, 0.717) is 41.4 Å². The Hall–Kier alpha value is -3.49. The third-order valence-corrected chi connectivity index (χ3v) is 4.84. The van der Waals surface area contributed by atoms with E-state index >= 15 is 0 Å². The molecule has 2 amide bonds. The van der Waals surface area contributed by atoms with Crippen LogP contribution in [-0.2, 0) is 4.79 Å². The lowest BCUT2D eigenvalue weighted by Crippen LogP contribution is -2.38. The number of aryl methyl sites for hydroxylation is 1. The number of nitrogens with one attached hydrogen (secondary N) is 1. The Bertz CT molecular complexity index is 1160. The Morgan fingerprint density at radius 3 is 2.53 bits per heavy atom. The largest absolute Gasteiger partial charge is 0.494 e. The molecule has 0 aliphatic rings. The summed E-state index contributed by atoms with van der Waals surface area (Å²) in [6.45, 7) is 5.72. The third-order valence-electron chi connectivity index (χ3n) is 4.84. The van der Waals surface area contributed by atoms with Crippen LogP contribution in [0.3, 0.4) is 0 Å². The van der Waals surface area contributed by atoms with E-state index in [-0.39, 0.29) is 12.3 Å². The molecule has 0 aliphatic heterocycles. The van der Waals surface area contributed by atoms with Crippen molar-refractivity contribution in [1.82, 2.24) is 4.90 Å². The highest BCUT2D eigenvalue weighted by atomic mass is 19.2. The molecule has 0 aliphatic carbocycles. The Balaban J connectivity index is 1.82. The first-order valence-corrected chi connectivity index (χ1v) is 10.1. The summed E-state index contributed by atoms with van der Waals surface area (Å²) in [6.07, 6.45) is 0.548. The predicted molar refractivity (Wildman–Crippen MR) is 113 cm³/mol. The molecule has 170 valence electrons. The molecule has 32 heavy (non-hydrogen) atoms. The van der Waals surface area contributed by atoms with Crippen molar-refractivity contribution in [3.8, 4) is 5.75 Å². The molecule has 0 radical (unpaired) electrons. The number of carbonyl (C=O) groups is 2. The molecular formula is C23H23F3N2O4. The SMILES string of the molecule is CCCN(CC(=O)Nc1ccc(F)c(F)c1F)C(=O)c1oc2ccc(OCC)cc2c1C. The first-order chi connectivity index (χ1) is 15.3. The summed E-state index contributed by atoms with van der Waals surface area (Å²) in [5, 5.41) is 2.89. The molecule has 0 atom stereocenters. The molecule has 3 aromatic rings. The number of amides is 2. The van der Waals surface area contributed by atoms with Gasteiger partial charge in [0.2, 0.25) is 5.91 Å². The maximum atomic E-state index is 13.9. The number of nitrogens with zero attached hydrogens (tertiary/aromatic N) is 1. The molecule has 0 spiro atoms. The fourth-order valence-electron chi connectivity index (χ4n) is 3.31. The van der Waals surface area contributed by atoms with Gasteiger partial charge in [0, 0.05) is 17.5 Å². The Morgan fingerprint density at radius 2 is 1.84 bits per heavy atom. The van der Waals surface area contributed by atoms with Crippen molar-refractivity contribution in [2.45, 2.75) is 27.2 Å². The zero-order valence-electron chi connectivity index (χ0n) is 17.9. The molecule has 0 bridgehead atoms. The topological polar surface area (TPSA) is 71.8 Å². The van der Waals surface area contributed by atoms with Crippen LogP contribution in [0, 0.1) is 24.4 Å². The van der Waals surface area contributed by atoms with Gasteiger partial charge in [0.1, 0.15) is 17.9 Å². The highest BCUT2D eigenvalue weighted by Gasteiger charge is 2.25. The number of benzene rings is 2. The quantitative estimate of drug-likeness (QED) is 0.490. The van der Waals surface area contributed by atoms with E-state index < -0.39 is 41.5 Å². The maximum absolute atomic E-state index is 13.9. The fraction of sp³-hybridized carbons (Fsp3) is 0.304. The van der Waals surface area contributed by atoms with Gasteiger partial charge in [-0.05, 0) is 50.6 Å². The van der Waals surface area contributed by atoms with Crippen LogP contribution in [0.4, 0.5) is 18.9 Å². The summed E-state index contributed by atoms with van der Waals surface area (Å²) in [4.78, 5) is 26.8. The van der Waals surface area contributed by atoms with Gasteiger partial charge in [-0.2, -0.15) is 0 Å². The molecule has 1 N–H and O–H groups in total. The summed E-state index contributed by atoms with van der Waals surface area (Å²) in [6, 6.07) is 6.83. The number of ether oxygens (including phenoxy) is 1. The predicted octanol–water partition coefficient (Wildman–Crippen LogP) is 5.05. The van der Waals surface area contributed by atoms with Crippen molar-refractivity contribution in [2.75, 3.05) is 25.0 Å². The van der Waals surface area contributed by atoms with Gasteiger partial charge < -0.3 is 19.4 Å². The van der Waals surface area contributed by atoms with Crippen LogP contribution in [0.15, 0.2) is 34.7 Å². The minimum absolute atomic E-state index is 0.0777. The van der Waals surface area contributed by atoms with Gasteiger partial charge in [0.25, 0.3) is 5.91 Å². The standard InChI is InChI=1S/C23H23F3N2O4/c1-4-10-28(12-19(29)27-17-8-7-16(24)20(25)21(17)26)23(30)22-13(3)15-11-14(31-5-2)6-9-18(15)32-22/h6-9,11H,4-5,10,12H2,1-3H3,(H,27,29). The van der Waals surface area contributed by atoms with E-state index in [1.54, 1.807) is 25.1 Å². The Labute approximate surface area is 182 Å². The Morgan fingerprint density at radius 1 is 1.09 bits per heavy atom. The smallest absolute Gasteiger partial charge is 0.290 e. The minimum atomic E-state index is -1.69. The van der Waals surface area contributed by atoms with Crippen LogP contribution in [0.2, 0.25) is 0 Å². The molecule has 1 heterocycles. The van der Waals surface area contributed by atoms with Crippen LogP contribution >= 0.6 is 0 Å². The average Bonchev–Trinajstić information content (AvgIpc) is 3.09. The molecule has 2 aromatic carbocycles. The number of hydrogen-bond donors (Lipinski definition) is 1. The number of fused-ring (bicyclic) bond motifs is 1. The van der Waals surface area contributed by atoms with E-state index in [0.717, 1.165) is 6.07 Å². The fourth-order valence-corrected chi connectivity index (χ4v) is 3.31. The number of hydrogen-bond acceptors (Lipinski definition) is 4. The van der Waals surface area contributed by atoms with Crippen molar-refractivity contribution in [3.63, 3.8) is 0 Å². The average molecular weight is 448 g/mol. The number of halogens is 3.